The molecule has 0 fully saturated rings. The molecule has 3 rings (SSSR count). The molecule has 0 aliphatic heterocycles. The van der Waals surface area contributed by atoms with E-state index in [9.17, 15) is 4.79 Å². The number of hydrogen-bond donors (Lipinski definition) is 2. The Bertz CT molecular complexity index is 834. The van der Waals surface area contributed by atoms with Crippen LogP contribution in [0, 0.1) is 6.92 Å². The SMILES string of the molecule is COc1ccc(C(=O)c2c[nH]c3cc(C)ccc23)cc1N. The van der Waals surface area contributed by atoms with Crippen molar-refractivity contribution >= 4 is 22.4 Å². The second-order valence-corrected chi connectivity index (χ2v) is 5.04. The molecule has 0 saturated carbocycles. The predicted molar refractivity (Wildman–Crippen MR) is 83.9 cm³/mol. The van der Waals surface area contributed by atoms with Crippen LogP contribution in [0.5, 0.6) is 5.75 Å². The zero-order valence-electron chi connectivity index (χ0n) is 11.9. The van der Waals surface area contributed by atoms with Crippen molar-refractivity contribution in [1.29, 1.82) is 0 Å². The monoisotopic (exact) mass is 280 g/mol. The fourth-order valence-electron chi connectivity index (χ4n) is 2.46. The Labute approximate surface area is 122 Å². The number of nitrogens with two attached hydrogens (primary N) is 1. The highest BCUT2D eigenvalue weighted by molar-refractivity contribution is 6.16. The van der Waals surface area contributed by atoms with E-state index >= 15 is 0 Å². The molecule has 106 valence electrons. The maximum atomic E-state index is 12.6. The quantitative estimate of drug-likeness (QED) is 0.571. The van der Waals surface area contributed by atoms with Crippen molar-refractivity contribution < 1.29 is 9.53 Å². The van der Waals surface area contributed by atoms with Gasteiger partial charge in [-0.2, -0.15) is 0 Å². The van der Waals surface area contributed by atoms with Gasteiger partial charge in [-0.05, 0) is 36.8 Å². The molecule has 3 N–H and O–H groups in total. The number of nitrogen functional groups attached to an aromatic ring is 1. The second kappa shape index (κ2) is 4.98. The molecule has 0 bridgehead atoms. The number of nitrogens with one attached hydrogen (secondary N) is 1. The first-order valence-corrected chi connectivity index (χ1v) is 6.66. The molecule has 0 saturated heterocycles. The molecule has 1 aromatic heterocycles. The van der Waals surface area contributed by atoms with E-state index < -0.39 is 0 Å². The fraction of sp³-hybridized carbons (Fsp3) is 0.118. The van der Waals surface area contributed by atoms with Crippen molar-refractivity contribution in [2.24, 2.45) is 0 Å². The summed E-state index contributed by atoms with van der Waals surface area (Å²) in [6, 6.07) is 11.1. The largest absolute Gasteiger partial charge is 0.495 e. The van der Waals surface area contributed by atoms with Crippen molar-refractivity contribution in [3.63, 3.8) is 0 Å². The average molecular weight is 280 g/mol. The van der Waals surface area contributed by atoms with Gasteiger partial charge in [0.25, 0.3) is 0 Å². The molecule has 3 aromatic rings. The Morgan fingerprint density at radius 3 is 2.71 bits per heavy atom. The van der Waals surface area contributed by atoms with Crippen LogP contribution < -0.4 is 10.5 Å². The van der Waals surface area contributed by atoms with Crippen molar-refractivity contribution in [1.82, 2.24) is 4.98 Å². The number of aromatic amines is 1. The first-order valence-electron chi connectivity index (χ1n) is 6.66. The van der Waals surface area contributed by atoms with Gasteiger partial charge in [0.15, 0.2) is 5.78 Å². The van der Waals surface area contributed by atoms with E-state index in [-0.39, 0.29) is 5.78 Å². The molecule has 0 aliphatic carbocycles. The predicted octanol–water partition coefficient (Wildman–Crippen LogP) is 3.30. The Kier molecular flexibility index (Phi) is 3.14. The van der Waals surface area contributed by atoms with E-state index in [2.05, 4.69) is 4.98 Å². The molecule has 0 atom stereocenters. The van der Waals surface area contributed by atoms with Crippen LogP contribution >= 0.6 is 0 Å². The third kappa shape index (κ3) is 2.25. The van der Waals surface area contributed by atoms with Gasteiger partial charge in [-0.1, -0.05) is 12.1 Å². The number of benzene rings is 2. The Balaban J connectivity index is 2.06. The lowest BCUT2D eigenvalue weighted by Gasteiger charge is -2.06. The smallest absolute Gasteiger partial charge is 0.195 e. The number of carbonyl (C=O) groups is 1. The van der Waals surface area contributed by atoms with E-state index in [1.54, 1.807) is 31.5 Å². The van der Waals surface area contributed by atoms with Gasteiger partial charge in [0, 0.05) is 28.2 Å². The Hall–Kier alpha value is -2.75. The average Bonchev–Trinajstić information content (AvgIpc) is 2.89. The standard InChI is InChI=1S/C17H16N2O2/c1-10-3-5-12-13(9-19-15(12)7-10)17(20)11-4-6-16(21-2)14(18)8-11/h3-9,19H,18H2,1-2H3. The Morgan fingerprint density at radius 2 is 2.00 bits per heavy atom. The van der Waals surface area contributed by atoms with Crippen molar-refractivity contribution in [3.05, 3.63) is 59.3 Å². The number of H-pyrrole nitrogens is 1. The summed E-state index contributed by atoms with van der Waals surface area (Å²) >= 11 is 0. The third-order valence-corrected chi connectivity index (χ3v) is 3.57. The lowest BCUT2D eigenvalue weighted by atomic mass is 10.0. The van der Waals surface area contributed by atoms with Crippen LogP contribution in [0.4, 0.5) is 5.69 Å². The maximum absolute atomic E-state index is 12.6. The van der Waals surface area contributed by atoms with Crippen LogP contribution in [-0.2, 0) is 0 Å². The summed E-state index contributed by atoms with van der Waals surface area (Å²) < 4.78 is 5.11. The zero-order chi connectivity index (χ0) is 15.0. The highest BCUT2D eigenvalue weighted by Crippen LogP contribution is 2.26. The van der Waals surface area contributed by atoms with E-state index in [1.165, 1.54) is 0 Å². The number of ether oxygens (including phenoxy) is 1. The number of ketones is 1. The third-order valence-electron chi connectivity index (χ3n) is 3.57. The van der Waals surface area contributed by atoms with Gasteiger partial charge >= 0.3 is 0 Å². The normalized spacial score (nSPS) is 10.8. The summed E-state index contributed by atoms with van der Waals surface area (Å²) in [5, 5.41) is 0.917. The molecule has 0 aliphatic rings. The van der Waals surface area contributed by atoms with Crippen LogP contribution in [0.1, 0.15) is 21.5 Å². The van der Waals surface area contributed by atoms with Gasteiger partial charge in [0.05, 0.1) is 12.8 Å². The summed E-state index contributed by atoms with van der Waals surface area (Å²) in [7, 11) is 1.55. The first kappa shape index (κ1) is 13.2. The number of methoxy groups -OCH3 is 1. The highest BCUT2D eigenvalue weighted by Gasteiger charge is 2.15. The van der Waals surface area contributed by atoms with Crippen molar-refractivity contribution in [2.45, 2.75) is 6.92 Å². The van der Waals surface area contributed by atoms with Crippen LogP contribution in [0.25, 0.3) is 10.9 Å². The van der Waals surface area contributed by atoms with Crippen LogP contribution in [0.15, 0.2) is 42.6 Å². The fourth-order valence-corrected chi connectivity index (χ4v) is 2.46. The number of aromatic nitrogens is 1. The summed E-state index contributed by atoms with van der Waals surface area (Å²) in [6.07, 6.45) is 1.74. The number of rotatable bonds is 3. The van der Waals surface area contributed by atoms with Crippen molar-refractivity contribution in [3.8, 4) is 5.75 Å². The van der Waals surface area contributed by atoms with E-state index in [0.717, 1.165) is 16.5 Å². The maximum Gasteiger partial charge on any atom is 0.195 e. The molecular formula is C17H16N2O2. The molecule has 21 heavy (non-hydrogen) atoms. The number of fused-ring (bicyclic) bond motifs is 1. The highest BCUT2D eigenvalue weighted by atomic mass is 16.5. The zero-order valence-corrected chi connectivity index (χ0v) is 11.9. The van der Waals surface area contributed by atoms with E-state index in [4.69, 9.17) is 10.5 Å². The van der Waals surface area contributed by atoms with Gasteiger partial charge in [0.2, 0.25) is 0 Å². The summed E-state index contributed by atoms with van der Waals surface area (Å²) in [5.74, 6) is 0.514. The van der Waals surface area contributed by atoms with E-state index in [0.29, 0.717) is 22.6 Å². The second-order valence-electron chi connectivity index (χ2n) is 5.04. The molecule has 1 heterocycles. The van der Waals surface area contributed by atoms with Gasteiger partial charge in [-0.3, -0.25) is 4.79 Å². The number of aryl methyl sites for hydroxylation is 1. The van der Waals surface area contributed by atoms with Gasteiger partial charge in [-0.15, -0.1) is 0 Å². The molecule has 0 amide bonds. The lowest BCUT2D eigenvalue weighted by molar-refractivity contribution is 0.104. The molecule has 2 aromatic carbocycles. The van der Waals surface area contributed by atoms with Gasteiger partial charge in [0.1, 0.15) is 5.75 Å². The summed E-state index contributed by atoms with van der Waals surface area (Å²) in [4.78, 5) is 15.8. The molecule has 0 radical (unpaired) electrons. The molecule has 4 nitrogen and oxygen atoms in total. The summed E-state index contributed by atoms with van der Waals surface area (Å²) in [5.41, 5.74) is 9.63. The molecular weight excluding hydrogens is 264 g/mol. The Morgan fingerprint density at radius 1 is 1.19 bits per heavy atom. The van der Waals surface area contributed by atoms with Crippen molar-refractivity contribution in [2.75, 3.05) is 12.8 Å². The van der Waals surface area contributed by atoms with Crippen LogP contribution in [-0.4, -0.2) is 17.9 Å². The molecule has 4 heteroatoms. The lowest BCUT2D eigenvalue weighted by Crippen LogP contribution is -2.02. The molecule has 0 spiro atoms. The number of hydrogen-bond acceptors (Lipinski definition) is 3. The summed E-state index contributed by atoms with van der Waals surface area (Å²) in [6.45, 7) is 2.02. The number of carbonyl (C=O) groups excluding carboxylic acids is 1. The van der Waals surface area contributed by atoms with Crippen LogP contribution in [0.2, 0.25) is 0 Å². The minimum atomic E-state index is -0.0561. The topological polar surface area (TPSA) is 68.1 Å². The first-order chi connectivity index (χ1) is 10.1. The van der Waals surface area contributed by atoms with Gasteiger partial charge in [-0.25, -0.2) is 0 Å². The van der Waals surface area contributed by atoms with E-state index in [1.807, 2.05) is 25.1 Å². The number of anilines is 1. The minimum Gasteiger partial charge on any atom is -0.495 e. The minimum absolute atomic E-state index is 0.0561. The van der Waals surface area contributed by atoms with Gasteiger partial charge < -0.3 is 15.5 Å². The van der Waals surface area contributed by atoms with Crippen LogP contribution in [0.3, 0.4) is 0 Å². The molecule has 0 unspecified atom stereocenters.